The Balaban J connectivity index is 1.52. The fraction of sp³-hybridized carbons (Fsp3) is 0.176. The van der Waals surface area contributed by atoms with E-state index >= 15 is 0 Å². The van der Waals surface area contributed by atoms with Gasteiger partial charge in [0.2, 0.25) is 6.79 Å². The Labute approximate surface area is 138 Å². The van der Waals surface area contributed by atoms with Gasteiger partial charge in [0.15, 0.2) is 11.5 Å². The second kappa shape index (κ2) is 6.91. The summed E-state index contributed by atoms with van der Waals surface area (Å²) in [5.41, 5.74) is 4.71. The second-order valence-electron chi connectivity index (χ2n) is 5.20. The van der Waals surface area contributed by atoms with E-state index in [1.807, 2.05) is 6.07 Å². The Bertz CT molecular complexity index is 772. The highest BCUT2D eigenvalue weighted by Crippen LogP contribution is 2.34. The fourth-order valence-corrected chi connectivity index (χ4v) is 2.14. The van der Waals surface area contributed by atoms with Gasteiger partial charge in [-0.2, -0.15) is 5.10 Å². The normalized spacial score (nSPS) is 12.8. The lowest BCUT2D eigenvalue weighted by atomic mass is 10.1. The van der Waals surface area contributed by atoms with Gasteiger partial charge in [0, 0.05) is 11.8 Å². The van der Waals surface area contributed by atoms with Crippen LogP contribution in [0.4, 0.5) is 5.69 Å². The molecule has 124 valence electrons. The van der Waals surface area contributed by atoms with Crippen molar-refractivity contribution in [3.05, 3.63) is 48.0 Å². The summed E-state index contributed by atoms with van der Waals surface area (Å²) in [7, 11) is 0. The molecule has 7 heteroatoms. The number of hydrogen-bond donors (Lipinski definition) is 3. The predicted molar refractivity (Wildman–Crippen MR) is 89.5 cm³/mol. The first-order valence-electron chi connectivity index (χ1n) is 7.38. The van der Waals surface area contributed by atoms with Gasteiger partial charge in [0.25, 0.3) is 5.91 Å². The summed E-state index contributed by atoms with van der Waals surface area (Å²) in [4.78, 5) is 11.9. The third-order valence-corrected chi connectivity index (χ3v) is 3.46. The SMILES string of the molecule is C/C(=N/NC(=O)CNc1ccc2c(c1)OCO2)c1ccc(O)cc1. The third-order valence-electron chi connectivity index (χ3n) is 3.46. The molecule has 0 saturated carbocycles. The first-order chi connectivity index (χ1) is 11.6. The quantitative estimate of drug-likeness (QED) is 0.577. The zero-order chi connectivity index (χ0) is 16.9. The minimum Gasteiger partial charge on any atom is -0.508 e. The largest absolute Gasteiger partial charge is 0.508 e. The average molecular weight is 327 g/mol. The molecule has 2 aromatic rings. The van der Waals surface area contributed by atoms with Crippen molar-refractivity contribution in [2.75, 3.05) is 18.7 Å². The van der Waals surface area contributed by atoms with Crippen LogP contribution in [-0.2, 0) is 4.79 Å². The van der Waals surface area contributed by atoms with Gasteiger partial charge in [-0.05, 0) is 48.9 Å². The molecule has 1 amide bonds. The summed E-state index contributed by atoms with van der Waals surface area (Å²) in [5.74, 6) is 1.26. The molecular formula is C17H17N3O4. The van der Waals surface area contributed by atoms with Gasteiger partial charge in [0.1, 0.15) is 5.75 Å². The second-order valence-corrected chi connectivity index (χ2v) is 5.20. The van der Waals surface area contributed by atoms with Crippen LogP contribution < -0.4 is 20.2 Å². The van der Waals surface area contributed by atoms with Gasteiger partial charge in [-0.1, -0.05) is 0 Å². The number of amides is 1. The zero-order valence-corrected chi connectivity index (χ0v) is 13.1. The molecule has 0 saturated heterocycles. The number of hydrazone groups is 1. The number of benzene rings is 2. The van der Waals surface area contributed by atoms with E-state index in [0.29, 0.717) is 17.2 Å². The highest BCUT2D eigenvalue weighted by molar-refractivity contribution is 5.99. The van der Waals surface area contributed by atoms with Crippen LogP contribution in [0.5, 0.6) is 17.2 Å². The number of phenols is 1. The van der Waals surface area contributed by atoms with Gasteiger partial charge in [0.05, 0.1) is 12.3 Å². The zero-order valence-electron chi connectivity index (χ0n) is 13.1. The van der Waals surface area contributed by atoms with Crippen molar-refractivity contribution in [3.8, 4) is 17.2 Å². The number of aromatic hydroxyl groups is 1. The molecule has 3 rings (SSSR count). The van der Waals surface area contributed by atoms with Crippen LogP contribution >= 0.6 is 0 Å². The number of hydrogen-bond acceptors (Lipinski definition) is 6. The number of carbonyl (C=O) groups excluding carboxylic acids is 1. The topological polar surface area (TPSA) is 92.2 Å². The predicted octanol–water partition coefficient (Wildman–Crippen LogP) is 2.07. The number of carbonyl (C=O) groups is 1. The molecule has 0 radical (unpaired) electrons. The lowest BCUT2D eigenvalue weighted by Crippen LogP contribution is -2.26. The van der Waals surface area contributed by atoms with Crippen LogP contribution in [0.15, 0.2) is 47.6 Å². The van der Waals surface area contributed by atoms with Gasteiger partial charge < -0.3 is 19.9 Å². The number of nitrogens with zero attached hydrogens (tertiary/aromatic N) is 1. The third kappa shape index (κ3) is 3.75. The van der Waals surface area contributed by atoms with Crippen LogP contribution in [0.2, 0.25) is 0 Å². The van der Waals surface area contributed by atoms with Crippen molar-refractivity contribution >= 4 is 17.3 Å². The molecule has 1 heterocycles. The number of ether oxygens (including phenoxy) is 2. The molecule has 0 bridgehead atoms. The summed E-state index contributed by atoms with van der Waals surface area (Å²) in [6, 6.07) is 12.0. The fourth-order valence-electron chi connectivity index (χ4n) is 2.14. The molecule has 0 aromatic heterocycles. The van der Waals surface area contributed by atoms with Crippen LogP contribution in [0.1, 0.15) is 12.5 Å². The van der Waals surface area contributed by atoms with Gasteiger partial charge in [-0.15, -0.1) is 0 Å². The lowest BCUT2D eigenvalue weighted by Gasteiger charge is -2.07. The van der Waals surface area contributed by atoms with Gasteiger partial charge >= 0.3 is 0 Å². The Morgan fingerprint density at radius 3 is 2.71 bits per heavy atom. The van der Waals surface area contributed by atoms with Gasteiger partial charge in [-0.3, -0.25) is 4.79 Å². The monoisotopic (exact) mass is 327 g/mol. The van der Waals surface area contributed by atoms with E-state index in [0.717, 1.165) is 11.3 Å². The van der Waals surface area contributed by atoms with E-state index in [-0.39, 0.29) is 25.0 Å². The van der Waals surface area contributed by atoms with E-state index in [1.54, 1.807) is 43.3 Å². The molecule has 0 aliphatic carbocycles. The molecule has 7 nitrogen and oxygen atoms in total. The molecule has 0 unspecified atom stereocenters. The smallest absolute Gasteiger partial charge is 0.259 e. The molecule has 0 atom stereocenters. The standard InChI is InChI=1S/C17H17N3O4/c1-11(12-2-5-14(21)6-3-12)19-20-17(22)9-18-13-4-7-15-16(8-13)24-10-23-15/h2-8,18,21H,9-10H2,1H3,(H,20,22)/b19-11-. The van der Waals surface area contributed by atoms with Crippen LogP contribution in [0, 0.1) is 0 Å². The number of anilines is 1. The molecule has 1 aliphatic rings. The van der Waals surface area contributed by atoms with E-state index < -0.39 is 0 Å². The summed E-state index contributed by atoms with van der Waals surface area (Å²) in [6.07, 6.45) is 0. The summed E-state index contributed by atoms with van der Waals surface area (Å²) < 4.78 is 10.5. The van der Waals surface area contributed by atoms with Crippen LogP contribution in [0.25, 0.3) is 0 Å². The molecule has 0 spiro atoms. The minimum absolute atomic E-state index is 0.0754. The Morgan fingerprint density at radius 1 is 1.17 bits per heavy atom. The molecule has 1 aliphatic heterocycles. The number of nitrogens with one attached hydrogen (secondary N) is 2. The molecular weight excluding hydrogens is 310 g/mol. The summed E-state index contributed by atoms with van der Waals surface area (Å²) >= 11 is 0. The average Bonchev–Trinajstić information content (AvgIpc) is 3.06. The van der Waals surface area contributed by atoms with E-state index in [1.165, 1.54) is 0 Å². The minimum atomic E-state index is -0.272. The van der Waals surface area contributed by atoms with E-state index in [2.05, 4.69) is 15.8 Å². The molecule has 0 fully saturated rings. The van der Waals surface area contributed by atoms with Crippen molar-refractivity contribution in [1.82, 2.24) is 5.43 Å². The molecule has 2 aromatic carbocycles. The number of rotatable bonds is 5. The van der Waals surface area contributed by atoms with E-state index in [4.69, 9.17) is 9.47 Å². The number of fused-ring (bicyclic) bond motifs is 1. The highest BCUT2D eigenvalue weighted by atomic mass is 16.7. The maximum absolute atomic E-state index is 11.9. The van der Waals surface area contributed by atoms with Crippen LogP contribution in [-0.4, -0.2) is 30.1 Å². The van der Waals surface area contributed by atoms with Crippen molar-refractivity contribution < 1.29 is 19.4 Å². The lowest BCUT2D eigenvalue weighted by molar-refractivity contribution is -0.119. The first kappa shape index (κ1) is 15.7. The summed E-state index contributed by atoms with van der Waals surface area (Å²) in [5, 5.41) is 16.3. The molecule has 3 N–H and O–H groups in total. The Morgan fingerprint density at radius 2 is 1.92 bits per heavy atom. The number of phenolic OH excluding ortho intramolecular Hbond substituents is 1. The van der Waals surface area contributed by atoms with Crippen molar-refractivity contribution in [2.45, 2.75) is 6.92 Å². The van der Waals surface area contributed by atoms with Crippen molar-refractivity contribution in [2.24, 2.45) is 5.10 Å². The maximum Gasteiger partial charge on any atom is 0.259 e. The van der Waals surface area contributed by atoms with Crippen LogP contribution in [0.3, 0.4) is 0 Å². The Hall–Kier alpha value is -3.22. The van der Waals surface area contributed by atoms with Crippen molar-refractivity contribution in [1.29, 1.82) is 0 Å². The summed E-state index contributed by atoms with van der Waals surface area (Å²) in [6.45, 7) is 2.06. The molecule has 24 heavy (non-hydrogen) atoms. The van der Waals surface area contributed by atoms with E-state index in [9.17, 15) is 9.90 Å². The maximum atomic E-state index is 11.9. The van der Waals surface area contributed by atoms with Gasteiger partial charge in [-0.25, -0.2) is 5.43 Å². The Kier molecular flexibility index (Phi) is 4.51. The highest BCUT2D eigenvalue weighted by Gasteiger charge is 2.13. The first-order valence-corrected chi connectivity index (χ1v) is 7.38. The van der Waals surface area contributed by atoms with Crippen molar-refractivity contribution in [3.63, 3.8) is 0 Å².